The Hall–Kier alpha value is 0.0900. The molecule has 0 saturated heterocycles. The van der Waals surface area contributed by atoms with Gasteiger partial charge in [0.15, 0.2) is 5.15 Å². The van der Waals surface area contributed by atoms with Crippen molar-refractivity contribution in [2.24, 2.45) is 0 Å². The van der Waals surface area contributed by atoms with Crippen molar-refractivity contribution >= 4 is 64.0 Å². The number of halogens is 5. The van der Waals surface area contributed by atoms with Crippen molar-refractivity contribution in [2.75, 3.05) is 13.2 Å². The molecule has 0 bridgehead atoms. The first-order valence-electron chi connectivity index (χ1n) is 4.99. The van der Waals surface area contributed by atoms with E-state index in [-0.39, 0.29) is 22.9 Å². The molecule has 0 aliphatic carbocycles. The lowest BCUT2D eigenvalue weighted by Crippen LogP contribution is -2.21. The van der Waals surface area contributed by atoms with Crippen LogP contribution in [0.1, 0.15) is 17.5 Å². The molecular weight excluding hydrogens is 361 g/mol. The monoisotopic (exact) mass is 368 g/mol. The van der Waals surface area contributed by atoms with Crippen LogP contribution in [0.2, 0.25) is 10.3 Å². The zero-order valence-electron chi connectivity index (χ0n) is 9.63. The summed E-state index contributed by atoms with van der Waals surface area (Å²) in [4.78, 5) is 15.6. The molecule has 0 atom stereocenters. The molecule has 0 aliphatic rings. The first kappa shape index (κ1) is 17.1. The molecule has 0 spiro atoms. The minimum atomic E-state index is -1.71. The van der Waals surface area contributed by atoms with E-state index in [2.05, 4.69) is 4.98 Å². The molecule has 1 aromatic rings. The molecular formula is C9H9Cl5N2O3. The Balaban J connectivity index is 2.86. The van der Waals surface area contributed by atoms with Crippen LogP contribution in [0.5, 0.6) is 0 Å². The molecule has 19 heavy (non-hydrogen) atoms. The summed E-state index contributed by atoms with van der Waals surface area (Å²) in [6.45, 7) is 1.79. The third-order valence-corrected chi connectivity index (χ3v) is 2.91. The molecule has 10 heteroatoms. The Kier molecular flexibility index (Phi) is 6.50. The number of nitrogens with zero attached hydrogens (tertiary/aromatic N) is 2. The first-order chi connectivity index (χ1) is 8.76. The van der Waals surface area contributed by atoms with E-state index in [1.807, 2.05) is 0 Å². The van der Waals surface area contributed by atoms with Crippen LogP contribution in [-0.4, -0.2) is 32.5 Å². The number of rotatable bonds is 5. The van der Waals surface area contributed by atoms with Gasteiger partial charge in [-0.25, -0.2) is 9.78 Å². The number of carbonyl (C=O) groups excluding carboxylic acids is 1. The van der Waals surface area contributed by atoms with Crippen LogP contribution in [0.25, 0.3) is 0 Å². The van der Waals surface area contributed by atoms with Crippen LogP contribution in [0.4, 0.5) is 0 Å². The predicted octanol–water partition coefficient (Wildman–Crippen LogP) is 3.71. The highest BCUT2D eigenvalue weighted by molar-refractivity contribution is 6.67. The number of esters is 1. The molecule has 0 aromatic carbocycles. The van der Waals surface area contributed by atoms with Crippen molar-refractivity contribution in [3.8, 4) is 0 Å². The molecule has 1 rings (SSSR count). The number of aromatic nitrogens is 2. The van der Waals surface area contributed by atoms with Crippen molar-refractivity contribution in [1.82, 2.24) is 9.55 Å². The largest absolute Gasteiger partial charge is 0.455 e. The standard InChI is InChI=1S/C9H9Cl5N2O3/c1-2-18-4-16-6(11)5(10)15-7(16)8(17)19-3-9(12,13)14/h2-4H2,1H3. The van der Waals surface area contributed by atoms with Gasteiger partial charge in [0, 0.05) is 6.61 Å². The van der Waals surface area contributed by atoms with Crippen molar-refractivity contribution < 1.29 is 14.3 Å². The fourth-order valence-corrected chi connectivity index (χ4v) is 1.59. The first-order valence-corrected chi connectivity index (χ1v) is 6.88. The average Bonchev–Trinajstić information content (AvgIpc) is 2.60. The summed E-state index contributed by atoms with van der Waals surface area (Å²) >= 11 is 28.1. The smallest absolute Gasteiger partial charge is 0.374 e. The van der Waals surface area contributed by atoms with Gasteiger partial charge in [0.05, 0.1) is 0 Å². The highest BCUT2D eigenvalue weighted by Crippen LogP contribution is 2.27. The number of imidazole rings is 1. The lowest BCUT2D eigenvalue weighted by atomic mass is 10.6. The van der Waals surface area contributed by atoms with Crippen molar-refractivity contribution in [3.63, 3.8) is 0 Å². The minimum absolute atomic E-state index is 0.00720. The molecule has 108 valence electrons. The van der Waals surface area contributed by atoms with E-state index in [1.165, 1.54) is 4.57 Å². The molecule has 0 amide bonds. The summed E-state index contributed by atoms with van der Waals surface area (Å²) in [5, 5.41) is 0.0261. The van der Waals surface area contributed by atoms with Crippen molar-refractivity contribution in [1.29, 1.82) is 0 Å². The van der Waals surface area contributed by atoms with E-state index >= 15 is 0 Å². The highest BCUT2D eigenvalue weighted by Gasteiger charge is 2.26. The van der Waals surface area contributed by atoms with Gasteiger partial charge in [0.1, 0.15) is 18.5 Å². The second-order valence-electron chi connectivity index (χ2n) is 3.26. The fourth-order valence-electron chi connectivity index (χ4n) is 1.07. The minimum Gasteiger partial charge on any atom is -0.455 e. The molecule has 0 fully saturated rings. The maximum absolute atomic E-state index is 11.8. The third-order valence-electron chi connectivity index (χ3n) is 1.84. The van der Waals surface area contributed by atoms with Gasteiger partial charge in [0.2, 0.25) is 9.62 Å². The maximum atomic E-state index is 11.8. The Morgan fingerprint density at radius 3 is 2.53 bits per heavy atom. The van der Waals surface area contributed by atoms with Crippen LogP contribution >= 0.6 is 58.0 Å². The van der Waals surface area contributed by atoms with Gasteiger partial charge in [-0.1, -0.05) is 58.0 Å². The van der Waals surface area contributed by atoms with Crippen LogP contribution in [0.3, 0.4) is 0 Å². The molecule has 0 N–H and O–H groups in total. The van der Waals surface area contributed by atoms with Crippen LogP contribution < -0.4 is 0 Å². The van der Waals surface area contributed by atoms with Gasteiger partial charge in [-0.05, 0) is 6.92 Å². The number of ether oxygens (including phenoxy) is 2. The molecule has 0 radical (unpaired) electrons. The number of hydrogen-bond donors (Lipinski definition) is 0. The summed E-state index contributed by atoms with van der Waals surface area (Å²) in [7, 11) is 0. The van der Waals surface area contributed by atoms with Gasteiger partial charge in [-0.2, -0.15) is 0 Å². The Labute approximate surface area is 134 Å². The predicted molar refractivity (Wildman–Crippen MR) is 74.4 cm³/mol. The van der Waals surface area contributed by atoms with Gasteiger partial charge in [-0.3, -0.25) is 4.57 Å². The summed E-state index contributed by atoms with van der Waals surface area (Å²) < 4.78 is 9.48. The molecule has 1 heterocycles. The zero-order chi connectivity index (χ0) is 14.6. The zero-order valence-corrected chi connectivity index (χ0v) is 13.4. The van der Waals surface area contributed by atoms with Gasteiger partial charge in [0.25, 0.3) is 0 Å². The normalized spacial score (nSPS) is 11.7. The van der Waals surface area contributed by atoms with Crippen LogP contribution in [-0.2, 0) is 16.2 Å². The Morgan fingerprint density at radius 1 is 1.37 bits per heavy atom. The molecule has 0 saturated carbocycles. The molecule has 0 unspecified atom stereocenters. The average molecular weight is 370 g/mol. The van der Waals surface area contributed by atoms with Crippen LogP contribution in [0, 0.1) is 0 Å². The second kappa shape index (κ2) is 7.20. The van der Waals surface area contributed by atoms with E-state index in [1.54, 1.807) is 6.92 Å². The number of alkyl halides is 3. The maximum Gasteiger partial charge on any atom is 0.374 e. The SMILES string of the molecule is CCOCn1c(C(=O)OCC(Cl)(Cl)Cl)nc(Cl)c1Cl. The Morgan fingerprint density at radius 2 is 2.00 bits per heavy atom. The summed E-state index contributed by atoms with van der Waals surface area (Å²) in [6.07, 6.45) is 0. The Bertz CT molecular complexity index is 457. The summed E-state index contributed by atoms with van der Waals surface area (Å²) in [5.41, 5.74) is 0. The summed E-state index contributed by atoms with van der Waals surface area (Å²) in [5.74, 6) is -0.947. The highest BCUT2D eigenvalue weighted by atomic mass is 35.6. The van der Waals surface area contributed by atoms with Gasteiger partial charge < -0.3 is 9.47 Å². The quantitative estimate of drug-likeness (QED) is 0.586. The van der Waals surface area contributed by atoms with E-state index in [0.29, 0.717) is 6.61 Å². The third kappa shape index (κ3) is 5.17. The van der Waals surface area contributed by atoms with E-state index in [9.17, 15) is 4.79 Å². The lowest BCUT2D eigenvalue weighted by molar-refractivity contribution is 0.0451. The van der Waals surface area contributed by atoms with Crippen LogP contribution in [0.15, 0.2) is 0 Å². The van der Waals surface area contributed by atoms with E-state index in [4.69, 9.17) is 67.5 Å². The second-order valence-corrected chi connectivity index (χ2v) is 6.49. The van der Waals surface area contributed by atoms with E-state index < -0.39 is 16.4 Å². The number of carbonyl (C=O) groups is 1. The molecule has 5 nitrogen and oxygen atoms in total. The number of hydrogen-bond acceptors (Lipinski definition) is 4. The summed E-state index contributed by atoms with van der Waals surface area (Å²) in [6, 6.07) is 0. The van der Waals surface area contributed by atoms with E-state index in [0.717, 1.165) is 0 Å². The fraction of sp³-hybridized carbons (Fsp3) is 0.556. The lowest BCUT2D eigenvalue weighted by Gasteiger charge is -2.12. The topological polar surface area (TPSA) is 53.4 Å². The molecule has 1 aromatic heterocycles. The van der Waals surface area contributed by atoms with Gasteiger partial charge >= 0.3 is 5.97 Å². The van der Waals surface area contributed by atoms with Crippen molar-refractivity contribution in [2.45, 2.75) is 17.4 Å². The molecule has 0 aliphatic heterocycles. The van der Waals surface area contributed by atoms with Crippen molar-refractivity contribution in [3.05, 3.63) is 16.1 Å². The van der Waals surface area contributed by atoms with Gasteiger partial charge in [-0.15, -0.1) is 0 Å².